The molecule has 0 fully saturated rings. The van der Waals surface area contributed by atoms with Gasteiger partial charge in [0.05, 0.1) is 0 Å². The zero-order chi connectivity index (χ0) is 13.0. The minimum atomic E-state index is -2.84. The lowest BCUT2D eigenvalue weighted by molar-refractivity contribution is -0.0498. The molecule has 0 saturated heterocycles. The Bertz CT molecular complexity index is 499. The van der Waals surface area contributed by atoms with Crippen LogP contribution in [0.25, 0.3) is 11.4 Å². The quantitative estimate of drug-likeness (QED) is 0.882. The Kier molecular flexibility index (Phi) is 3.83. The fourth-order valence-corrected chi connectivity index (χ4v) is 1.38. The first-order chi connectivity index (χ1) is 8.69. The number of benzene rings is 1. The van der Waals surface area contributed by atoms with Crippen LogP contribution in [0.2, 0.25) is 0 Å². The van der Waals surface area contributed by atoms with Crippen LogP contribution in [0.3, 0.4) is 0 Å². The molecule has 1 aromatic carbocycles. The van der Waals surface area contributed by atoms with Gasteiger partial charge in [-0.1, -0.05) is 5.16 Å². The van der Waals surface area contributed by atoms with Gasteiger partial charge in [-0.15, -0.1) is 0 Å². The largest absolute Gasteiger partial charge is 0.435 e. The first kappa shape index (κ1) is 12.4. The number of hydrogen-bond acceptors (Lipinski definition) is 5. The number of nitrogens with zero attached hydrogens (tertiary/aromatic N) is 2. The second-order valence-electron chi connectivity index (χ2n) is 3.45. The molecule has 0 amide bonds. The molecule has 0 unspecified atom stereocenters. The number of ether oxygens (including phenoxy) is 1. The third-order valence-corrected chi connectivity index (χ3v) is 2.16. The molecular weight excluding hydrogens is 244 g/mol. The van der Waals surface area contributed by atoms with Gasteiger partial charge in [0.1, 0.15) is 5.75 Å². The van der Waals surface area contributed by atoms with Gasteiger partial charge >= 0.3 is 6.61 Å². The van der Waals surface area contributed by atoms with Crippen LogP contribution in [0.15, 0.2) is 28.8 Å². The first-order valence-corrected chi connectivity index (χ1v) is 5.27. The molecule has 0 aliphatic heterocycles. The van der Waals surface area contributed by atoms with E-state index in [1.807, 2.05) is 0 Å². The lowest BCUT2D eigenvalue weighted by Crippen LogP contribution is -2.02. The summed E-state index contributed by atoms with van der Waals surface area (Å²) in [6.45, 7) is -2.42. The summed E-state index contributed by atoms with van der Waals surface area (Å²) >= 11 is 0. The lowest BCUT2D eigenvalue weighted by Gasteiger charge is -2.03. The van der Waals surface area contributed by atoms with E-state index in [0.717, 1.165) is 0 Å². The fourth-order valence-electron chi connectivity index (χ4n) is 1.38. The fraction of sp³-hybridized carbons (Fsp3) is 0.273. The highest BCUT2D eigenvalue weighted by molar-refractivity contribution is 5.55. The summed E-state index contributed by atoms with van der Waals surface area (Å²) in [7, 11) is 0. The van der Waals surface area contributed by atoms with Crippen LogP contribution in [0.1, 0.15) is 5.89 Å². The van der Waals surface area contributed by atoms with E-state index >= 15 is 0 Å². The molecular formula is C11H11F2N3O2. The molecule has 0 aliphatic carbocycles. The Hall–Kier alpha value is -2.02. The SMILES string of the molecule is NCCc1nc(-c2ccc(OC(F)F)cc2)no1. The van der Waals surface area contributed by atoms with Gasteiger partial charge in [-0.2, -0.15) is 13.8 Å². The highest BCUT2D eigenvalue weighted by atomic mass is 19.3. The summed E-state index contributed by atoms with van der Waals surface area (Å²) in [4.78, 5) is 4.11. The smallest absolute Gasteiger partial charge is 0.387 e. The molecule has 1 heterocycles. The van der Waals surface area contributed by atoms with Crippen molar-refractivity contribution in [2.75, 3.05) is 6.54 Å². The van der Waals surface area contributed by atoms with E-state index in [0.29, 0.717) is 30.2 Å². The van der Waals surface area contributed by atoms with Crippen LogP contribution in [0.5, 0.6) is 5.75 Å². The Balaban J connectivity index is 2.12. The number of nitrogens with two attached hydrogens (primary N) is 1. The summed E-state index contributed by atoms with van der Waals surface area (Å²) in [6.07, 6.45) is 0.500. The van der Waals surface area contributed by atoms with E-state index in [4.69, 9.17) is 10.3 Å². The van der Waals surface area contributed by atoms with E-state index < -0.39 is 6.61 Å². The van der Waals surface area contributed by atoms with Crippen LogP contribution >= 0.6 is 0 Å². The van der Waals surface area contributed by atoms with Crippen LogP contribution < -0.4 is 10.5 Å². The third-order valence-electron chi connectivity index (χ3n) is 2.16. The second-order valence-corrected chi connectivity index (χ2v) is 3.45. The topological polar surface area (TPSA) is 74.2 Å². The number of rotatable bonds is 5. The lowest BCUT2D eigenvalue weighted by atomic mass is 10.2. The summed E-state index contributed by atoms with van der Waals surface area (Å²) in [5.41, 5.74) is 6.02. The predicted octanol–water partition coefficient (Wildman–Crippen LogP) is 1.84. The molecule has 0 saturated carbocycles. The number of halogens is 2. The molecule has 0 atom stereocenters. The van der Waals surface area contributed by atoms with Gasteiger partial charge in [0, 0.05) is 18.5 Å². The molecule has 2 rings (SSSR count). The van der Waals surface area contributed by atoms with Gasteiger partial charge in [0.15, 0.2) is 0 Å². The molecule has 5 nitrogen and oxygen atoms in total. The Morgan fingerprint density at radius 2 is 2.00 bits per heavy atom. The van der Waals surface area contributed by atoms with Crippen molar-refractivity contribution in [3.8, 4) is 17.1 Å². The molecule has 0 spiro atoms. The van der Waals surface area contributed by atoms with Crippen molar-refractivity contribution in [3.63, 3.8) is 0 Å². The summed E-state index contributed by atoms with van der Waals surface area (Å²) in [5.74, 6) is 0.918. The van der Waals surface area contributed by atoms with Crippen molar-refractivity contribution in [2.45, 2.75) is 13.0 Å². The Morgan fingerprint density at radius 1 is 1.28 bits per heavy atom. The van der Waals surface area contributed by atoms with E-state index in [1.54, 1.807) is 12.1 Å². The van der Waals surface area contributed by atoms with Crippen molar-refractivity contribution in [3.05, 3.63) is 30.2 Å². The first-order valence-electron chi connectivity index (χ1n) is 5.27. The maximum absolute atomic E-state index is 12.0. The average Bonchev–Trinajstić information content (AvgIpc) is 2.78. The van der Waals surface area contributed by atoms with Crippen molar-refractivity contribution < 1.29 is 18.0 Å². The zero-order valence-electron chi connectivity index (χ0n) is 9.35. The highest BCUT2D eigenvalue weighted by Crippen LogP contribution is 2.21. The van der Waals surface area contributed by atoms with Crippen LogP contribution in [-0.4, -0.2) is 23.3 Å². The molecule has 0 bridgehead atoms. The van der Waals surface area contributed by atoms with Crippen LogP contribution in [0, 0.1) is 0 Å². The van der Waals surface area contributed by atoms with Crippen molar-refractivity contribution in [1.82, 2.24) is 10.1 Å². The van der Waals surface area contributed by atoms with Crippen molar-refractivity contribution in [2.24, 2.45) is 5.73 Å². The van der Waals surface area contributed by atoms with E-state index in [9.17, 15) is 8.78 Å². The van der Waals surface area contributed by atoms with Crippen LogP contribution in [0.4, 0.5) is 8.78 Å². The van der Waals surface area contributed by atoms with Crippen LogP contribution in [-0.2, 0) is 6.42 Å². The second kappa shape index (κ2) is 5.54. The number of aromatic nitrogens is 2. The monoisotopic (exact) mass is 255 g/mol. The molecule has 0 radical (unpaired) electrons. The van der Waals surface area contributed by atoms with E-state index in [2.05, 4.69) is 14.9 Å². The summed E-state index contributed by atoms with van der Waals surface area (Å²) < 4.78 is 33.1. The highest BCUT2D eigenvalue weighted by Gasteiger charge is 2.09. The molecule has 18 heavy (non-hydrogen) atoms. The molecule has 7 heteroatoms. The number of alkyl halides is 2. The number of hydrogen-bond donors (Lipinski definition) is 1. The third kappa shape index (κ3) is 3.01. The predicted molar refractivity (Wildman–Crippen MR) is 59.1 cm³/mol. The normalized spacial score (nSPS) is 10.9. The standard InChI is InChI=1S/C11H11F2N3O2/c12-11(13)17-8-3-1-7(2-4-8)10-15-9(5-6-14)18-16-10/h1-4,11H,5-6,14H2. The summed E-state index contributed by atoms with van der Waals surface area (Å²) in [5, 5.41) is 3.77. The van der Waals surface area contributed by atoms with Gasteiger partial charge in [0.2, 0.25) is 11.7 Å². The Morgan fingerprint density at radius 3 is 2.61 bits per heavy atom. The molecule has 0 aliphatic rings. The van der Waals surface area contributed by atoms with Crippen molar-refractivity contribution >= 4 is 0 Å². The van der Waals surface area contributed by atoms with E-state index in [1.165, 1.54) is 12.1 Å². The molecule has 2 aromatic rings. The minimum Gasteiger partial charge on any atom is -0.435 e. The molecule has 1 aromatic heterocycles. The minimum absolute atomic E-state index is 0.0828. The molecule has 2 N–H and O–H groups in total. The van der Waals surface area contributed by atoms with Gasteiger partial charge in [0.25, 0.3) is 0 Å². The maximum Gasteiger partial charge on any atom is 0.387 e. The maximum atomic E-state index is 12.0. The average molecular weight is 255 g/mol. The van der Waals surface area contributed by atoms with Gasteiger partial charge in [-0.3, -0.25) is 0 Å². The Labute approximate surface area is 102 Å². The van der Waals surface area contributed by atoms with Crippen molar-refractivity contribution in [1.29, 1.82) is 0 Å². The van der Waals surface area contributed by atoms with E-state index in [-0.39, 0.29) is 5.75 Å². The zero-order valence-corrected chi connectivity index (χ0v) is 9.35. The van der Waals surface area contributed by atoms with Gasteiger partial charge in [-0.25, -0.2) is 0 Å². The summed E-state index contributed by atoms with van der Waals surface area (Å²) in [6, 6.07) is 5.99. The van der Waals surface area contributed by atoms with Gasteiger partial charge < -0.3 is 15.0 Å². The van der Waals surface area contributed by atoms with Gasteiger partial charge in [-0.05, 0) is 24.3 Å². The molecule has 96 valence electrons.